The van der Waals surface area contributed by atoms with Crippen LogP contribution in [-0.4, -0.2) is 32.1 Å². The predicted octanol–water partition coefficient (Wildman–Crippen LogP) is 4.77. The summed E-state index contributed by atoms with van der Waals surface area (Å²) in [4.78, 5) is 28.7. The van der Waals surface area contributed by atoms with Gasteiger partial charge in [0.1, 0.15) is 17.2 Å². The van der Waals surface area contributed by atoms with E-state index in [0.717, 1.165) is 23.3 Å². The van der Waals surface area contributed by atoms with Crippen LogP contribution < -0.4 is 10.3 Å². The van der Waals surface area contributed by atoms with Crippen LogP contribution in [-0.2, 0) is 16.8 Å². The van der Waals surface area contributed by atoms with Gasteiger partial charge in [-0.3, -0.25) is 9.59 Å². The summed E-state index contributed by atoms with van der Waals surface area (Å²) in [7, 11) is 0. The quantitative estimate of drug-likeness (QED) is 0.362. The van der Waals surface area contributed by atoms with E-state index in [1.165, 1.54) is 35.9 Å². The maximum atomic E-state index is 12.4. The zero-order chi connectivity index (χ0) is 26.1. The molecule has 0 bridgehead atoms. The van der Waals surface area contributed by atoms with Gasteiger partial charge in [-0.05, 0) is 62.2 Å². The summed E-state index contributed by atoms with van der Waals surface area (Å²) >= 11 is 0. The molecular weight excluding hydrogens is 477 g/mol. The number of carbonyl (C=O) groups excluding carboxylic acids is 1. The third kappa shape index (κ3) is 5.51. The van der Waals surface area contributed by atoms with Crippen molar-refractivity contribution in [2.75, 3.05) is 0 Å². The number of aromatic nitrogens is 4. The maximum Gasteiger partial charge on any atom is 0.573 e. The average Bonchev–Trinajstić information content (AvgIpc) is 3.30. The number of nitrogens with zero attached hydrogens (tertiary/aromatic N) is 4. The Hall–Kier alpha value is -4.28. The molecule has 0 amide bonds. The highest BCUT2D eigenvalue weighted by Crippen LogP contribution is 2.27. The van der Waals surface area contributed by atoms with Crippen LogP contribution in [0.5, 0.6) is 5.75 Å². The molecule has 2 heterocycles. The van der Waals surface area contributed by atoms with Crippen LogP contribution >= 0.6 is 0 Å². The van der Waals surface area contributed by atoms with E-state index >= 15 is 0 Å². The molecule has 2 aromatic heterocycles. The van der Waals surface area contributed by atoms with Crippen LogP contribution in [0, 0.1) is 0 Å². The number of benzene rings is 2. The maximum absolute atomic E-state index is 12.4. The van der Waals surface area contributed by atoms with Crippen molar-refractivity contribution in [3.63, 3.8) is 0 Å². The van der Waals surface area contributed by atoms with Crippen molar-refractivity contribution >= 4 is 5.78 Å². The monoisotopic (exact) mass is 498 g/mol. The molecule has 0 N–H and O–H groups in total. The van der Waals surface area contributed by atoms with E-state index in [2.05, 4.69) is 20.0 Å². The molecule has 11 heteroatoms. The van der Waals surface area contributed by atoms with Crippen molar-refractivity contribution in [2.45, 2.75) is 39.1 Å². The fourth-order valence-electron chi connectivity index (χ4n) is 3.36. The third-order valence-corrected chi connectivity index (χ3v) is 5.72. The summed E-state index contributed by atoms with van der Waals surface area (Å²) in [6.07, 6.45) is -4.79. The van der Waals surface area contributed by atoms with Crippen LogP contribution in [0.3, 0.4) is 0 Å². The second-order valence-electron chi connectivity index (χ2n) is 8.59. The molecule has 4 aromatic rings. The molecular formula is C25H21F3N4O4. The number of carbonyl (C=O) groups is 1. The van der Waals surface area contributed by atoms with Gasteiger partial charge in [-0.25, -0.2) is 4.68 Å². The molecule has 36 heavy (non-hydrogen) atoms. The molecule has 0 aliphatic rings. The van der Waals surface area contributed by atoms with Crippen molar-refractivity contribution in [3.8, 4) is 28.7 Å². The van der Waals surface area contributed by atoms with E-state index in [-0.39, 0.29) is 41.0 Å². The smallest absolute Gasteiger partial charge is 0.406 e. The van der Waals surface area contributed by atoms with Gasteiger partial charge in [0.15, 0.2) is 0 Å². The Labute approximate surface area is 203 Å². The number of hydrogen-bond donors (Lipinski definition) is 0. The third-order valence-electron chi connectivity index (χ3n) is 5.72. The molecule has 8 nitrogen and oxygen atoms in total. The molecule has 0 radical (unpaired) electrons. The topological polar surface area (TPSA) is 100 Å². The largest absolute Gasteiger partial charge is 0.573 e. The van der Waals surface area contributed by atoms with E-state index in [4.69, 9.17) is 4.52 Å². The molecule has 0 atom stereocenters. The number of ether oxygens (including phenoxy) is 1. The zero-order valence-corrected chi connectivity index (χ0v) is 19.5. The molecule has 0 spiro atoms. The van der Waals surface area contributed by atoms with Crippen LogP contribution in [0.4, 0.5) is 13.2 Å². The van der Waals surface area contributed by atoms with Gasteiger partial charge in [0, 0.05) is 17.0 Å². The number of Topliss-reactive ketones (excluding diaryl/α,β-unsaturated/α-hetero) is 1. The Kier molecular flexibility index (Phi) is 6.49. The summed E-state index contributed by atoms with van der Waals surface area (Å²) in [5.74, 6) is -0.200. The first kappa shape index (κ1) is 24.8. The second kappa shape index (κ2) is 9.40. The minimum absolute atomic E-state index is 0.0201. The van der Waals surface area contributed by atoms with Crippen LogP contribution in [0.2, 0.25) is 0 Å². The average molecular weight is 498 g/mol. The molecule has 2 aromatic carbocycles. The lowest BCUT2D eigenvalue weighted by Crippen LogP contribution is -2.27. The Morgan fingerprint density at radius 2 is 1.78 bits per heavy atom. The van der Waals surface area contributed by atoms with Crippen molar-refractivity contribution in [3.05, 3.63) is 82.1 Å². The van der Waals surface area contributed by atoms with Gasteiger partial charge in [-0.1, -0.05) is 29.4 Å². The first-order chi connectivity index (χ1) is 16.9. The first-order valence-corrected chi connectivity index (χ1v) is 10.8. The zero-order valence-electron chi connectivity index (χ0n) is 19.5. The van der Waals surface area contributed by atoms with Crippen LogP contribution in [0.15, 0.2) is 70.0 Å². The lowest BCUT2D eigenvalue weighted by atomic mass is 9.81. The molecule has 4 rings (SSSR count). The number of alkyl halides is 3. The van der Waals surface area contributed by atoms with Crippen molar-refractivity contribution in [1.29, 1.82) is 0 Å². The second-order valence-corrected chi connectivity index (χ2v) is 8.59. The van der Waals surface area contributed by atoms with E-state index in [0.29, 0.717) is 5.56 Å². The minimum atomic E-state index is -4.79. The number of halogens is 3. The van der Waals surface area contributed by atoms with E-state index in [9.17, 15) is 22.8 Å². The molecule has 0 unspecified atom stereocenters. The predicted molar refractivity (Wildman–Crippen MR) is 123 cm³/mol. The van der Waals surface area contributed by atoms with Gasteiger partial charge in [0.25, 0.3) is 11.4 Å². The Morgan fingerprint density at radius 3 is 2.44 bits per heavy atom. The Morgan fingerprint density at radius 1 is 1.06 bits per heavy atom. The highest BCUT2D eigenvalue weighted by Gasteiger charge is 2.31. The van der Waals surface area contributed by atoms with E-state index in [1.54, 1.807) is 0 Å². The van der Waals surface area contributed by atoms with E-state index < -0.39 is 11.8 Å². The van der Waals surface area contributed by atoms with Gasteiger partial charge in [0.2, 0.25) is 5.82 Å². The van der Waals surface area contributed by atoms with Gasteiger partial charge < -0.3 is 9.26 Å². The fourth-order valence-corrected chi connectivity index (χ4v) is 3.36. The summed E-state index contributed by atoms with van der Waals surface area (Å²) in [5.41, 5.74) is 1.22. The summed E-state index contributed by atoms with van der Waals surface area (Å²) in [5, 5.41) is 8.17. The SMILES string of the molecule is CC(=O)C(C)(C)c1cccc(Cn2nc(-c3nc(-c4ccc(OC(F)(F)F)cc4)no3)ccc2=O)c1. The standard InChI is InChI=1S/C25H21F3N4O4/c1-15(33)24(2,3)18-6-4-5-16(13-18)14-32-21(34)12-11-20(30-32)23-29-22(31-36-23)17-7-9-19(10-8-17)35-25(26,27)28/h4-13H,14H2,1-3H3. The lowest BCUT2D eigenvalue weighted by molar-refractivity contribution is -0.274. The highest BCUT2D eigenvalue weighted by atomic mass is 19.4. The first-order valence-electron chi connectivity index (χ1n) is 10.8. The Balaban J connectivity index is 1.57. The Bertz CT molecular complexity index is 1460. The fraction of sp³-hybridized carbons (Fsp3) is 0.240. The number of ketones is 1. The molecule has 0 aliphatic heterocycles. The lowest BCUT2D eigenvalue weighted by Gasteiger charge is -2.22. The normalized spacial score (nSPS) is 11.9. The van der Waals surface area contributed by atoms with Crippen molar-refractivity contribution in [1.82, 2.24) is 19.9 Å². The summed E-state index contributed by atoms with van der Waals surface area (Å²) < 4.78 is 47.4. The number of hydrogen-bond acceptors (Lipinski definition) is 7. The molecule has 0 fully saturated rings. The van der Waals surface area contributed by atoms with E-state index in [1.807, 2.05) is 38.1 Å². The number of rotatable bonds is 7. The van der Waals surface area contributed by atoms with Gasteiger partial charge >= 0.3 is 6.36 Å². The van der Waals surface area contributed by atoms with Crippen LogP contribution in [0.1, 0.15) is 31.9 Å². The molecule has 0 saturated heterocycles. The van der Waals surface area contributed by atoms with Gasteiger partial charge in [-0.2, -0.15) is 10.1 Å². The molecule has 186 valence electrons. The molecule has 0 aliphatic carbocycles. The summed E-state index contributed by atoms with van der Waals surface area (Å²) in [6, 6.07) is 15.1. The summed E-state index contributed by atoms with van der Waals surface area (Å²) in [6.45, 7) is 5.36. The minimum Gasteiger partial charge on any atom is -0.406 e. The molecule has 0 saturated carbocycles. The van der Waals surface area contributed by atoms with Gasteiger partial charge in [0.05, 0.1) is 6.54 Å². The van der Waals surface area contributed by atoms with Crippen molar-refractivity contribution < 1.29 is 27.2 Å². The van der Waals surface area contributed by atoms with Crippen molar-refractivity contribution in [2.24, 2.45) is 0 Å². The van der Waals surface area contributed by atoms with Gasteiger partial charge in [-0.15, -0.1) is 13.2 Å². The highest BCUT2D eigenvalue weighted by molar-refractivity contribution is 5.87. The van der Waals surface area contributed by atoms with Crippen LogP contribution in [0.25, 0.3) is 23.0 Å².